The smallest absolute Gasteiger partial charge is 0.148 e. The van der Waals surface area contributed by atoms with Crippen LogP contribution in [-0.2, 0) is 9.84 Å². The number of sulfone groups is 1. The van der Waals surface area contributed by atoms with Gasteiger partial charge in [0.1, 0.15) is 9.84 Å². The Morgan fingerprint density at radius 2 is 2.00 bits per heavy atom. The van der Waals surface area contributed by atoms with E-state index in [4.69, 9.17) is 0 Å². The molecule has 62 valence electrons. The van der Waals surface area contributed by atoms with Gasteiger partial charge in [0.05, 0.1) is 5.75 Å². The van der Waals surface area contributed by atoms with E-state index >= 15 is 0 Å². The summed E-state index contributed by atoms with van der Waals surface area (Å²) >= 11 is 0. The highest BCUT2D eigenvalue weighted by Crippen LogP contribution is 1.94. The van der Waals surface area contributed by atoms with Gasteiger partial charge >= 0.3 is 0 Å². The van der Waals surface area contributed by atoms with Gasteiger partial charge in [-0.15, -0.1) is 0 Å². The lowest BCUT2D eigenvalue weighted by molar-refractivity contribution is 0.560. The SMILES string of the molecule is CCC(CS(C)(=O)=O)NC. The van der Waals surface area contributed by atoms with E-state index in [2.05, 4.69) is 5.32 Å². The molecular weight excluding hydrogens is 150 g/mol. The first-order chi connectivity index (χ1) is 4.49. The van der Waals surface area contributed by atoms with Crippen LogP contribution in [0.25, 0.3) is 0 Å². The van der Waals surface area contributed by atoms with E-state index in [1.165, 1.54) is 6.26 Å². The van der Waals surface area contributed by atoms with Crippen LogP contribution in [0.4, 0.5) is 0 Å². The summed E-state index contributed by atoms with van der Waals surface area (Å²) in [6.07, 6.45) is 2.11. The molecular formula is C6H15NO2S. The van der Waals surface area contributed by atoms with Crippen molar-refractivity contribution in [1.82, 2.24) is 5.32 Å². The van der Waals surface area contributed by atoms with Crippen LogP contribution in [0.15, 0.2) is 0 Å². The number of nitrogens with one attached hydrogen (secondary N) is 1. The average molecular weight is 165 g/mol. The van der Waals surface area contributed by atoms with E-state index in [-0.39, 0.29) is 11.8 Å². The second-order valence-corrected chi connectivity index (χ2v) is 4.67. The van der Waals surface area contributed by atoms with Crippen LogP contribution in [0.2, 0.25) is 0 Å². The molecule has 3 nitrogen and oxygen atoms in total. The van der Waals surface area contributed by atoms with Crippen LogP contribution in [0.5, 0.6) is 0 Å². The van der Waals surface area contributed by atoms with E-state index in [9.17, 15) is 8.42 Å². The topological polar surface area (TPSA) is 46.2 Å². The molecule has 0 aromatic rings. The zero-order chi connectivity index (χ0) is 8.20. The van der Waals surface area contributed by atoms with Gasteiger partial charge in [0.15, 0.2) is 0 Å². The van der Waals surface area contributed by atoms with Crippen molar-refractivity contribution in [2.75, 3.05) is 19.1 Å². The third-order valence-corrected chi connectivity index (χ3v) is 2.41. The van der Waals surface area contributed by atoms with Gasteiger partial charge in [0, 0.05) is 12.3 Å². The molecule has 0 saturated carbocycles. The molecule has 0 aliphatic rings. The fourth-order valence-electron chi connectivity index (χ4n) is 0.771. The maximum absolute atomic E-state index is 10.7. The molecule has 10 heavy (non-hydrogen) atoms. The first-order valence-electron chi connectivity index (χ1n) is 3.34. The summed E-state index contributed by atoms with van der Waals surface area (Å²) in [7, 11) is -1.03. The molecule has 4 heteroatoms. The molecule has 0 amide bonds. The van der Waals surface area contributed by atoms with Crippen LogP contribution in [0, 0.1) is 0 Å². The van der Waals surface area contributed by atoms with Crippen LogP contribution in [0.3, 0.4) is 0 Å². The molecule has 0 bridgehead atoms. The summed E-state index contributed by atoms with van der Waals surface area (Å²) in [4.78, 5) is 0. The monoisotopic (exact) mass is 165 g/mol. The lowest BCUT2D eigenvalue weighted by atomic mass is 10.3. The van der Waals surface area contributed by atoms with Gasteiger partial charge in [-0.1, -0.05) is 6.92 Å². The molecule has 0 radical (unpaired) electrons. The Kier molecular flexibility index (Phi) is 3.89. The van der Waals surface area contributed by atoms with Gasteiger partial charge < -0.3 is 5.32 Å². The van der Waals surface area contributed by atoms with E-state index in [0.717, 1.165) is 6.42 Å². The summed E-state index contributed by atoms with van der Waals surface area (Å²) in [5.74, 6) is 0.236. The maximum Gasteiger partial charge on any atom is 0.148 e. The molecule has 1 atom stereocenters. The zero-order valence-electron chi connectivity index (χ0n) is 6.72. The highest BCUT2D eigenvalue weighted by atomic mass is 32.2. The Morgan fingerprint density at radius 3 is 2.10 bits per heavy atom. The molecule has 0 rings (SSSR count). The molecule has 0 aliphatic carbocycles. The Hall–Kier alpha value is -0.0900. The molecule has 0 aromatic carbocycles. The summed E-state index contributed by atoms with van der Waals surface area (Å²) in [5, 5.41) is 2.93. The average Bonchev–Trinajstić information content (AvgIpc) is 1.81. The second-order valence-electron chi connectivity index (χ2n) is 2.49. The highest BCUT2D eigenvalue weighted by Gasteiger charge is 2.10. The van der Waals surface area contributed by atoms with E-state index in [1.807, 2.05) is 6.92 Å². The quantitative estimate of drug-likeness (QED) is 0.639. The molecule has 0 spiro atoms. The van der Waals surface area contributed by atoms with Gasteiger partial charge in [0.2, 0.25) is 0 Å². The highest BCUT2D eigenvalue weighted by molar-refractivity contribution is 7.90. The van der Waals surface area contributed by atoms with Crippen molar-refractivity contribution in [3.63, 3.8) is 0 Å². The fourth-order valence-corrected chi connectivity index (χ4v) is 1.90. The van der Waals surface area contributed by atoms with Crippen molar-refractivity contribution in [2.45, 2.75) is 19.4 Å². The van der Waals surface area contributed by atoms with E-state index in [1.54, 1.807) is 7.05 Å². The van der Waals surface area contributed by atoms with Crippen molar-refractivity contribution >= 4 is 9.84 Å². The van der Waals surface area contributed by atoms with Gasteiger partial charge in [-0.25, -0.2) is 8.42 Å². The largest absolute Gasteiger partial charge is 0.316 e. The van der Waals surface area contributed by atoms with Crippen molar-refractivity contribution < 1.29 is 8.42 Å². The molecule has 0 saturated heterocycles. The van der Waals surface area contributed by atoms with Crippen molar-refractivity contribution in [1.29, 1.82) is 0 Å². The van der Waals surface area contributed by atoms with Crippen molar-refractivity contribution in [3.05, 3.63) is 0 Å². The fraction of sp³-hybridized carbons (Fsp3) is 1.00. The minimum atomic E-state index is -2.81. The predicted molar refractivity (Wildman–Crippen MR) is 42.8 cm³/mol. The second kappa shape index (κ2) is 3.93. The van der Waals surface area contributed by atoms with E-state index in [0.29, 0.717) is 0 Å². The molecule has 1 N–H and O–H groups in total. The normalized spacial score (nSPS) is 15.1. The van der Waals surface area contributed by atoms with Crippen LogP contribution in [0.1, 0.15) is 13.3 Å². The summed E-state index contributed by atoms with van der Waals surface area (Å²) < 4.78 is 21.4. The lowest BCUT2D eigenvalue weighted by Gasteiger charge is -2.10. The zero-order valence-corrected chi connectivity index (χ0v) is 7.53. The Balaban J connectivity index is 3.87. The summed E-state index contributed by atoms with van der Waals surface area (Å²) in [5.41, 5.74) is 0. The molecule has 0 aromatic heterocycles. The van der Waals surface area contributed by atoms with Gasteiger partial charge in [0.25, 0.3) is 0 Å². The van der Waals surface area contributed by atoms with Crippen molar-refractivity contribution in [2.24, 2.45) is 0 Å². The third-order valence-electron chi connectivity index (χ3n) is 1.40. The van der Waals surface area contributed by atoms with Crippen molar-refractivity contribution in [3.8, 4) is 0 Å². The molecule has 0 aliphatic heterocycles. The summed E-state index contributed by atoms with van der Waals surface area (Å²) in [6, 6.07) is 0.106. The Bertz CT molecular complexity index is 170. The third kappa shape index (κ3) is 4.76. The van der Waals surface area contributed by atoms with Crippen LogP contribution < -0.4 is 5.32 Å². The van der Waals surface area contributed by atoms with Gasteiger partial charge in [-0.2, -0.15) is 0 Å². The van der Waals surface area contributed by atoms with Crippen LogP contribution in [-0.4, -0.2) is 33.5 Å². The van der Waals surface area contributed by atoms with Gasteiger partial charge in [-0.3, -0.25) is 0 Å². The predicted octanol–water partition coefficient (Wildman–Crippen LogP) is 0.0290. The minimum Gasteiger partial charge on any atom is -0.316 e. The number of hydrogen-bond acceptors (Lipinski definition) is 3. The van der Waals surface area contributed by atoms with Crippen LogP contribution >= 0.6 is 0 Å². The van der Waals surface area contributed by atoms with E-state index < -0.39 is 9.84 Å². The first-order valence-corrected chi connectivity index (χ1v) is 5.40. The number of rotatable bonds is 4. The first kappa shape index (κ1) is 9.91. The maximum atomic E-state index is 10.7. The lowest BCUT2D eigenvalue weighted by Crippen LogP contribution is -2.31. The number of hydrogen-bond donors (Lipinski definition) is 1. The van der Waals surface area contributed by atoms with Gasteiger partial charge in [-0.05, 0) is 13.5 Å². The molecule has 1 unspecified atom stereocenters. The summed E-state index contributed by atoms with van der Waals surface area (Å²) in [6.45, 7) is 1.96. The molecule has 0 fully saturated rings. The Morgan fingerprint density at radius 1 is 1.50 bits per heavy atom. The Labute approximate surface area is 62.7 Å². The molecule has 0 heterocycles. The minimum absolute atomic E-state index is 0.106. The standard InChI is InChI=1S/C6H15NO2S/c1-4-6(7-2)5-10(3,8)9/h6-7H,4-5H2,1-3H3.